The third-order valence-electron chi connectivity index (χ3n) is 5.55. The number of fused-ring (bicyclic) bond motifs is 1. The van der Waals surface area contributed by atoms with Gasteiger partial charge in [-0.15, -0.1) is 0 Å². The molecule has 0 saturated carbocycles. The molecule has 0 unspecified atom stereocenters. The highest BCUT2D eigenvalue weighted by molar-refractivity contribution is 5.92. The monoisotopic (exact) mass is 396 g/mol. The third-order valence-corrected chi connectivity index (χ3v) is 5.55. The quantitative estimate of drug-likeness (QED) is 0.660. The normalized spacial score (nSPS) is 20.4. The second-order valence-corrected chi connectivity index (χ2v) is 7.33. The standard InChI is InChI=1S/C20H24N6O3/c1-23-16(5-6-21-23)20(27)25-9-12-29-17(14-25)15-13-26-18(22-15)3-2-4-19(26)24-7-10-28-11-8-24/h2-6,13,17H,7-12,14H2,1H3/t17-/m1/s1. The number of aromatic nitrogens is 4. The van der Waals surface area contributed by atoms with Crippen molar-refractivity contribution in [3.05, 3.63) is 48.0 Å². The number of morpholine rings is 2. The predicted octanol–water partition coefficient (Wildman–Crippen LogP) is 1.12. The molecule has 0 aromatic carbocycles. The Bertz CT molecular complexity index is 1020. The number of hydrogen-bond donors (Lipinski definition) is 0. The number of aryl methyl sites for hydroxylation is 1. The minimum atomic E-state index is -0.252. The summed E-state index contributed by atoms with van der Waals surface area (Å²) in [5.41, 5.74) is 2.30. The van der Waals surface area contributed by atoms with Gasteiger partial charge in [0.15, 0.2) is 0 Å². The maximum Gasteiger partial charge on any atom is 0.272 e. The number of ether oxygens (including phenoxy) is 2. The maximum atomic E-state index is 12.9. The molecule has 0 spiro atoms. The molecule has 3 aromatic heterocycles. The Morgan fingerprint density at radius 1 is 1.14 bits per heavy atom. The van der Waals surface area contributed by atoms with Crippen LogP contribution in [0.1, 0.15) is 22.3 Å². The molecule has 0 radical (unpaired) electrons. The first-order valence-electron chi connectivity index (χ1n) is 9.90. The number of anilines is 1. The van der Waals surface area contributed by atoms with Crippen LogP contribution in [0.4, 0.5) is 5.82 Å². The van der Waals surface area contributed by atoms with Gasteiger partial charge in [-0.1, -0.05) is 6.07 Å². The molecule has 2 fully saturated rings. The molecule has 9 nitrogen and oxygen atoms in total. The molecule has 2 aliphatic rings. The van der Waals surface area contributed by atoms with E-state index in [0.29, 0.717) is 25.4 Å². The van der Waals surface area contributed by atoms with Crippen LogP contribution >= 0.6 is 0 Å². The molecule has 2 saturated heterocycles. The van der Waals surface area contributed by atoms with Crippen molar-refractivity contribution in [2.24, 2.45) is 7.05 Å². The minimum Gasteiger partial charge on any atom is -0.378 e. The van der Waals surface area contributed by atoms with Crippen LogP contribution in [0.3, 0.4) is 0 Å². The van der Waals surface area contributed by atoms with Gasteiger partial charge in [-0.25, -0.2) is 4.98 Å². The van der Waals surface area contributed by atoms with Crippen LogP contribution in [-0.2, 0) is 16.5 Å². The minimum absolute atomic E-state index is 0.0314. The van der Waals surface area contributed by atoms with Crippen LogP contribution in [0.25, 0.3) is 5.65 Å². The zero-order valence-electron chi connectivity index (χ0n) is 16.4. The van der Waals surface area contributed by atoms with Gasteiger partial charge in [0.05, 0.1) is 32.1 Å². The van der Waals surface area contributed by atoms with Crippen molar-refractivity contribution in [1.29, 1.82) is 0 Å². The first-order valence-corrected chi connectivity index (χ1v) is 9.90. The Balaban J connectivity index is 1.40. The molecular formula is C20H24N6O3. The third kappa shape index (κ3) is 3.36. The number of hydrogen-bond acceptors (Lipinski definition) is 6. The summed E-state index contributed by atoms with van der Waals surface area (Å²) in [5, 5.41) is 4.10. The van der Waals surface area contributed by atoms with Crippen molar-refractivity contribution < 1.29 is 14.3 Å². The molecule has 5 heterocycles. The Morgan fingerprint density at radius 2 is 2.00 bits per heavy atom. The van der Waals surface area contributed by atoms with Gasteiger partial charge in [0, 0.05) is 39.1 Å². The van der Waals surface area contributed by atoms with Crippen LogP contribution in [-0.4, -0.2) is 76.0 Å². The molecule has 0 N–H and O–H groups in total. The van der Waals surface area contributed by atoms with Crippen molar-refractivity contribution in [3.8, 4) is 0 Å². The summed E-state index contributed by atoms with van der Waals surface area (Å²) in [7, 11) is 1.78. The topological polar surface area (TPSA) is 77.1 Å². The smallest absolute Gasteiger partial charge is 0.272 e. The van der Waals surface area contributed by atoms with Gasteiger partial charge in [-0.3, -0.25) is 13.9 Å². The number of pyridine rings is 1. The van der Waals surface area contributed by atoms with E-state index < -0.39 is 0 Å². The van der Waals surface area contributed by atoms with Crippen molar-refractivity contribution >= 4 is 17.4 Å². The summed E-state index contributed by atoms with van der Waals surface area (Å²) >= 11 is 0. The Morgan fingerprint density at radius 3 is 2.79 bits per heavy atom. The van der Waals surface area contributed by atoms with Gasteiger partial charge in [0.2, 0.25) is 0 Å². The first kappa shape index (κ1) is 18.1. The van der Waals surface area contributed by atoms with Gasteiger partial charge in [-0.2, -0.15) is 5.10 Å². The lowest BCUT2D eigenvalue weighted by atomic mass is 10.2. The second kappa shape index (κ2) is 7.49. The number of imidazole rings is 1. The summed E-state index contributed by atoms with van der Waals surface area (Å²) in [5.74, 6) is 1.07. The lowest BCUT2D eigenvalue weighted by Crippen LogP contribution is -2.43. The number of rotatable bonds is 3. The van der Waals surface area contributed by atoms with Gasteiger partial charge in [0.25, 0.3) is 5.91 Å². The van der Waals surface area contributed by atoms with Crippen molar-refractivity contribution in [2.75, 3.05) is 50.9 Å². The first-order chi connectivity index (χ1) is 14.2. The van der Waals surface area contributed by atoms with Crippen molar-refractivity contribution in [2.45, 2.75) is 6.10 Å². The molecule has 2 aliphatic heterocycles. The Labute approximate surface area is 168 Å². The molecule has 9 heteroatoms. The lowest BCUT2D eigenvalue weighted by Gasteiger charge is -2.32. The van der Waals surface area contributed by atoms with E-state index in [9.17, 15) is 4.79 Å². The number of nitrogens with zero attached hydrogens (tertiary/aromatic N) is 6. The predicted molar refractivity (Wildman–Crippen MR) is 106 cm³/mol. The van der Waals surface area contributed by atoms with Gasteiger partial charge < -0.3 is 19.3 Å². The van der Waals surface area contributed by atoms with E-state index in [1.54, 1.807) is 24.0 Å². The second-order valence-electron chi connectivity index (χ2n) is 7.33. The van der Waals surface area contributed by atoms with E-state index in [-0.39, 0.29) is 12.0 Å². The highest BCUT2D eigenvalue weighted by Gasteiger charge is 2.29. The highest BCUT2D eigenvalue weighted by Crippen LogP contribution is 2.26. The fourth-order valence-electron chi connectivity index (χ4n) is 3.98. The van der Waals surface area contributed by atoms with Crippen LogP contribution < -0.4 is 4.90 Å². The van der Waals surface area contributed by atoms with E-state index in [1.165, 1.54) is 0 Å². The lowest BCUT2D eigenvalue weighted by molar-refractivity contribution is -0.0248. The molecule has 3 aromatic rings. The summed E-state index contributed by atoms with van der Waals surface area (Å²) in [6.07, 6.45) is 3.42. The molecule has 152 valence electrons. The van der Waals surface area contributed by atoms with E-state index >= 15 is 0 Å². The SMILES string of the molecule is Cn1nccc1C(=O)N1CCO[C@@H](c2cn3c(N4CCOCC4)cccc3n2)C1. The molecule has 5 rings (SSSR count). The maximum absolute atomic E-state index is 12.9. The number of carbonyl (C=O) groups excluding carboxylic acids is 1. The molecule has 0 aliphatic carbocycles. The van der Waals surface area contributed by atoms with Crippen LogP contribution in [0.2, 0.25) is 0 Å². The zero-order chi connectivity index (χ0) is 19.8. The average Bonchev–Trinajstić information content (AvgIpc) is 3.40. The summed E-state index contributed by atoms with van der Waals surface area (Å²) in [6.45, 7) is 4.70. The average molecular weight is 396 g/mol. The van der Waals surface area contributed by atoms with Crippen molar-refractivity contribution in [1.82, 2.24) is 24.1 Å². The zero-order valence-corrected chi connectivity index (χ0v) is 16.4. The Hall–Kier alpha value is -2.91. The van der Waals surface area contributed by atoms with E-state index in [1.807, 2.05) is 23.2 Å². The van der Waals surface area contributed by atoms with Gasteiger partial charge in [0.1, 0.15) is 23.3 Å². The van der Waals surface area contributed by atoms with Gasteiger partial charge >= 0.3 is 0 Å². The molecular weight excluding hydrogens is 372 g/mol. The van der Waals surface area contributed by atoms with Crippen LogP contribution in [0.15, 0.2) is 36.7 Å². The molecule has 0 bridgehead atoms. The molecule has 29 heavy (non-hydrogen) atoms. The van der Waals surface area contributed by atoms with Crippen LogP contribution in [0, 0.1) is 0 Å². The molecule has 1 atom stereocenters. The van der Waals surface area contributed by atoms with Crippen molar-refractivity contribution in [3.63, 3.8) is 0 Å². The largest absolute Gasteiger partial charge is 0.378 e. The highest BCUT2D eigenvalue weighted by atomic mass is 16.5. The van der Waals surface area contributed by atoms with Gasteiger partial charge in [-0.05, 0) is 18.2 Å². The summed E-state index contributed by atoms with van der Waals surface area (Å²) < 4.78 is 15.2. The fraction of sp³-hybridized carbons (Fsp3) is 0.450. The summed E-state index contributed by atoms with van der Waals surface area (Å²) in [6, 6.07) is 7.86. The van der Waals surface area contributed by atoms with E-state index in [4.69, 9.17) is 14.5 Å². The fourth-order valence-corrected chi connectivity index (χ4v) is 3.98. The van der Waals surface area contributed by atoms with E-state index in [0.717, 1.165) is 43.5 Å². The van der Waals surface area contributed by atoms with E-state index in [2.05, 4.69) is 20.5 Å². The number of amides is 1. The van der Waals surface area contributed by atoms with Crippen LogP contribution in [0.5, 0.6) is 0 Å². The molecule has 1 amide bonds. The summed E-state index contributed by atoms with van der Waals surface area (Å²) in [4.78, 5) is 21.8. The number of carbonyl (C=O) groups is 1. The Kier molecular flexibility index (Phi) is 4.69.